The first kappa shape index (κ1) is 11.7. The third-order valence-corrected chi connectivity index (χ3v) is 2.17. The molecule has 0 bridgehead atoms. The molecule has 1 amide bonds. The van der Waals surface area contributed by atoms with Crippen molar-refractivity contribution in [3.63, 3.8) is 0 Å². The van der Waals surface area contributed by atoms with E-state index in [0.29, 0.717) is 12.1 Å². The van der Waals surface area contributed by atoms with Gasteiger partial charge in [0.05, 0.1) is 0 Å². The summed E-state index contributed by atoms with van der Waals surface area (Å²) < 4.78 is 12.6. The summed E-state index contributed by atoms with van der Waals surface area (Å²) in [6.07, 6.45) is 0. The number of amides is 1. The molecule has 0 radical (unpaired) electrons. The normalized spacial score (nSPS) is 12.2. The van der Waals surface area contributed by atoms with Crippen molar-refractivity contribution in [1.82, 2.24) is 10.6 Å². The SMILES string of the molecule is CNC(C)CNC(=O)c1ccc(F)cc1. The fourth-order valence-corrected chi connectivity index (χ4v) is 1.05. The lowest BCUT2D eigenvalue weighted by Crippen LogP contribution is -2.37. The maximum Gasteiger partial charge on any atom is 0.251 e. The van der Waals surface area contributed by atoms with Gasteiger partial charge in [-0.15, -0.1) is 0 Å². The van der Waals surface area contributed by atoms with Crippen molar-refractivity contribution < 1.29 is 9.18 Å². The molecular formula is C11H15FN2O. The molecule has 0 aliphatic rings. The van der Waals surface area contributed by atoms with Gasteiger partial charge in [-0.25, -0.2) is 4.39 Å². The van der Waals surface area contributed by atoms with Crippen LogP contribution in [0.2, 0.25) is 0 Å². The van der Waals surface area contributed by atoms with Gasteiger partial charge in [0.2, 0.25) is 0 Å². The minimum atomic E-state index is -0.338. The second-order valence-electron chi connectivity index (χ2n) is 3.41. The number of hydrogen-bond acceptors (Lipinski definition) is 2. The molecule has 1 aromatic rings. The summed E-state index contributed by atoms with van der Waals surface area (Å²) in [6.45, 7) is 2.51. The molecule has 0 aromatic heterocycles. The van der Waals surface area contributed by atoms with Crippen LogP contribution >= 0.6 is 0 Å². The van der Waals surface area contributed by atoms with Crippen LogP contribution in [0, 0.1) is 5.82 Å². The molecule has 0 heterocycles. The van der Waals surface area contributed by atoms with Gasteiger partial charge in [0.15, 0.2) is 0 Å². The van der Waals surface area contributed by atoms with Gasteiger partial charge in [-0.1, -0.05) is 0 Å². The maximum atomic E-state index is 12.6. The van der Waals surface area contributed by atoms with E-state index in [1.165, 1.54) is 24.3 Å². The number of hydrogen-bond donors (Lipinski definition) is 2. The highest BCUT2D eigenvalue weighted by atomic mass is 19.1. The molecule has 0 saturated carbocycles. The van der Waals surface area contributed by atoms with E-state index >= 15 is 0 Å². The molecule has 15 heavy (non-hydrogen) atoms. The molecule has 0 aliphatic carbocycles. The molecule has 3 nitrogen and oxygen atoms in total. The fraction of sp³-hybridized carbons (Fsp3) is 0.364. The largest absolute Gasteiger partial charge is 0.350 e. The summed E-state index contributed by atoms with van der Waals surface area (Å²) in [7, 11) is 1.83. The second-order valence-corrected chi connectivity index (χ2v) is 3.41. The van der Waals surface area contributed by atoms with Crippen LogP contribution in [0.5, 0.6) is 0 Å². The molecule has 0 fully saturated rings. The van der Waals surface area contributed by atoms with Gasteiger partial charge in [0.25, 0.3) is 5.91 Å². The van der Waals surface area contributed by atoms with Gasteiger partial charge in [0, 0.05) is 18.2 Å². The summed E-state index contributed by atoms with van der Waals surface area (Å²) in [5.74, 6) is -0.521. The predicted molar refractivity (Wildman–Crippen MR) is 57.3 cm³/mol. The Bertz CT molecular complexity index is 324. The Morgan fingerprint density at radius 2 is 2.00 bits per heavy atom. The smallest absolute Gasteiger partial charge is 0.251 e. The Morgan fingerprint density at radius 3 is 2.53 bits per heavy atom. The zero-order valence-electron chi connectivity index (χ0n) is 8.88. The Labute approximate surface area is 88.7 Å². The number of halogens is 1. The molecule has 1 rings (SSSR count). The van der Waals surface area contributed by atoms with Crippen molar-refractivity contribution in [2.45, 2.75) is 13.0 Å². The van der Waals surface area contributed by atoms with Gasteiger partial charge >= 0.3 is 0 Å². The second kappa shape index (κ2) is 5.46. The van der Waals surface area contributed by atoms with E-state index < -0.39 is 0 Å². The van der Waals surface area contributed by atoms with Gasteiger partial charge in [0.1, 0.15) is 5.82 Å². The monoisotopic (exact) mass is 210 g/mol. The van der Waals surface area contributed by atoms with Crippen molar-refractivity contribution in [2.24, 2.45) is 0 Å². The molecule has 0 saturated heterocycles. The highest BCUT2D eigenvalue weighted by molar-refractivity contribution is 5.94. The first-order valence-electron chi connectivity index (χ1n) is 4.84. The third kappa shape index (κ3) is 3.67. The lowest BCUT2D eigenvalue weighted by molar-refractivity contribution is 0.0950. The van der Waals surface area contributed by atoms with E-state index in [2.05, 4.69) is 10.6 Å². The maximum absolute atomic E-state index is 12.6. The molecule has 2 N–H and O–H groups in total. The first-order chi connectivity index (χ1) is 7.13. The quantitative estimate of drug-likeness (QED) is 0.783. The summed E-state index contributed by atoms with van der Waals surface area (Å²) in [4.78, 5) is 11.5. The zero-order valence-corrected chi connectivity index (χ0v) is 8.88. The van der Waals surface area contributed by atoms with Crippen LogP contribution in [0.15, 0.2) is 24.3 Å². The number of rotatable bonds is 4. The molecule has 0 aliphatic heterocycles. The molecular weight excluding hydrogens is 195 g/mol. The van der Waals surface area contributed by atoms with Gasteiger partial charge < -0.3 is 10.6 Å². The van der Waals surface area contributed by atoms with Crippen molar-refractivity contribution in [3.8, 4) is 0 Å². The fourth-order valence-electron chi connectivity index (χ4n) is 1.05. The van der Waals surface area contributed by atoms with Crippen LogP contribution in [-0.2, 0) is 0 Å². The van der Waals surface area contributed by atoms with E-state index in [4.69, 9.17) is 0 Å². The standard InChI is InChI=1S/C11H15FN2O/c1-8(13-2)7-14-11(15)9-3-5-10(12)6-4-9/h3-6,8,13H,7H2,1-2H3,(H,14,15). The third-order valence-electron chi connectivity index (χ3n) is 2.17. The Hall–Kier alpha value is -1.42. The Kier molecular flexibility index (Phi) is 4.24. The van der Waals surface area contributed by atoms with Crippen molar-refractivity contribution in [1.29, 1.82) is 0 Å². The van der Waals surface area contributed by atoms with E-state index in [1.54, 1.807) is 0 Å². The van der Waals surface area contributed by atoms with E-state index in [1.807, 2.05) is 14.0 Å². The van der Waals surface area contributed by atoms with Crippen LogP contribution < -0.4 is 10.6 Å². The summed E-state index contributed by atoms with van der Waals surface area (Å²) in [5, 5.41) is 5.75. The van der Waals surface area contributed by atoms with Crippen molar-refractivity contribution in [2.75, 3.05) is 13.6 Å². The summed E-state index contributed by atoms with van der Waals surface area (Å²) in [6, 6.07) is 5.70. The van der Waals surface area contributed by atoms with Crippen molar-refractivity contribution >= 4 is 5.91 Å². The Balaban J connectivity index is 2.50. The van der Waals surface area contributed by atoms with Crippen LogP contribution in [0.4, 0.5) is 4.39 Å². The minimum Gasteiger partial charge on any atom is -0.350 e. The van der Waals surface area contributed by atoms with Crippen molar-refractivity contribution in [3.05, 3.63) is 35.6 Å². The highest BCUT2D eigenvalue weighted by Gasteiger charge is 2.06. The molecule has 0 spiro atoms. The van der Waals surface area contributed by atoms with E-state index in [0.717, 1.165) is 0 Å². The molecule has 1 unspecified atom stereocenters. The topological polar surface area (TPSA) is 41.1 Å². The summed E-state index contributed by atoms with van der Waals surface area (Å²) >= 11 is 0. The number of carbonyl (C=O) groups is 1. The molecule has 1 atom stereocenters. The van der Waals surface area contributed by atoms with E-state index in [-0.39, 0.29) is 17.8 Å². The Morgan fingerprint density at radius 1 is 1.40 bits per heavy atom. The van der Waals surface area contributed by atoms with Crippen LogP contribution in [0.3, 0.4) is 0 Å². The van der Waals surface area contributed by atoms with Crippen LogP contribution in [0.25, 0.3) is 0 Å². The van der Waals surface area contributed by atoms with Gasteiger partial charge in [-0.3, -0.25) is 4.79 Å². The average molecular weight is 210 g/mol. The van der Waals surface area contributed by atoms with Gasteiger partial charge in [-0.05, 0) is 38.2 Å². The molecule has 1 aromatic carbocycles. The first-order valence-corrected chi connectivity index (χ1v) is 4.84. The van der Waals surface area contributed by atoms with Crippen LogP contribution in [0.1, 0.15) is 17.3 Å². The van der Waals surface area contributed by atoms with E-state index in [9.17, 15) is 9.18 Å². The lowest BCUT2D eigenvalue weighted by Gasteiger charge is -2.11. The number of benzene rings is 1. The molecule has 4 heteroatoms. The average Bonchev–Trinajstić information content (AvgIpc) is 2.26. The predicted octanol–water partition coefficient (Wildman–Crippen LogP) is 1.16. The number of carbonyl (C=O) groups excluding carboxylic acids is 1. The molecule has 82 valence electrons. The van der Waals surface area contributed by atoms with Crippen LogP contribution in [-0.4, -0.2) is 25.5 Å². The minimum absolute atomic E-state index is 0.183. The zero-order chi connectivity index (χ0) is 11.3. The number of likely N-dealkylation sites (N-methyl/N-ethyl adjacent to an activating group) is 1. The highest BCUT2D eigenvalue weighted by Crippen LogP contribution is 2.02. The summed E-state index contributed by atoms with van der Waals surface area (Å²) in [5.41, 5.74) is 0.472. The van der Waals surface area contributed by atoms with Gasteiger partial charge in [-0.2, -0.15) is 0 Å². The lowest BCUT2D eigenvalue weighted by atomic mass is 10.2. The number of nitrogens with one attached hydrogen (secondary N) is 2.